The van der Waals surface area contributed by atoms with Gasteiger partial charge >= 0.3 is 0 Å². The van der Waals surface area contributed by atoms with Crippen molar-refractivity contribution in [2.45, 2.75) is 44.2 Å². The number of rotatable bonds is 2. The van der Waals surface area contributed by atoms with Crippen molar-refractivity contribution in [3.63, 3.8) is 0 Å². The van der Waals surface area contributed by atoms with Crippen LogP contribution in [0.2, 0.25) is 0 Å². The van der Waals surface area contributed by atoms with Gasteiger partial charge in [-0.2, -0.15) is 11.8 Å². The first kappa shape index (κ1) is 12.5. The van der Waals surface area contributed by atoms with Gasteiger partial charge in [0.2, 0.25) is 0 Å². The van der Waals surface area contributed by atoms with E-state index in [2.05, 4.69) is 43.4 Å². The molecule has 0 amide bonds. The molecule has 3 atom stereocenters. The van der Waals surface area contributed by atoms with Crippen LogP contribution in [0.25, 0.3) is 0 Å². The van der Waals surface area contributed by atoms with Crippen LogP contribution in [0.3, 0.4) is 0 Å². The van der Waals surface area contributed by atoms with Crippen molar-refractivity contribution in [1.29, 1.82) is 0 Å². The number of nitrogens with one attached hydrogen (secondary N) is 1. The topological polar surface area (TPSA) is 32.3 Å². The largest absolute Gasteiger partial charge is 0.392 e. The summed E-state index contributed by atoms with van der Waals surface area (Å²) in [5.74, 6) is 2.27. The lowest BCUT2D eigenvalue weighted by Crippen LogP contribution is -2.60. The van der Waals surface area contributed by atoms with Gasteiger partial charge in [-0.25, -0.2) is 0 Å². The van der Waals surface area contributed by atoms with Gasteiger partial charge in [-0.05, 0) is 17.5 Å². The highest BCUT2D eigenvalue weighted by atomic mass is 32.2. The second-order valence-corrected chi connectivity index (χ2v) is 7.09. The minimum absolute atomic E-state index is 0.0110. The lowest BCUT2D eigenvalue weighted by atomic mass is 9.64. The summed E-state index contributed by atoms with van der Waals surface area (Å²) in [6, 6.07) is 9.61. The van der Waals surface area contributed by atoms with E-state index in [0.29, 0.717) is 12.1 Å². The maximum absolute atomic E-state index is 9.83. The molecule has 2 aliphatic rings. The van der Waals surface area contributed by atoms with Gasteiger partial charge in [0.05, 0.1) is 6.10 Å². The first-order valence-corrected chi connectivity index (χ1v) is 7.84. The van der Waals surface area contributed by atoms with Crippen molar-refractivity contribution in [3.05, 3.63) is 35.4 Å². The summed E-state index contributed by atoms with van der Waals surface area (Å²) in [6.45, 7) is 4.31. The maximum atomic E-state index is 9.83. The van der Waals surface area contributed by atoms with Crippen LogP contribution in [0.4, 0.5) is 0 Å². The highest BCUT2D eigenvalue weighted by Gasteiger charge is 2.48. The SMILES string of the molecule is CC1(C)C(O)CC1NC1CSCc2ccccc21. The van der Waals surface area contributed by atoms with Crippen LogP contribution in [-0.4, -0.2) is 23.0 Å². The van der Waals surface area contributed by atoms with Crippen molar-refractivity contribution >= 4 is 11.8 Å². The molecule has 0 radical (unpaired) electrons. The van der Waals surface area contributed by atoms with Gasteiger partial charge in [-0.1, -0.05) is 38.1 Å². The van der Waals surface area contributed by atoms with Crippen LogP contribution >= 0.6 is 11.8 Å². The Morgan fingerprint density at radius 1 is 1.33 bits per heavy atom. The van der Waals surface area contributed by atoms with E-state index in [-0.39, 0.29) is 11.5 Å². The van der Waals surface area contributed by atoms with E-state index < -0.39 is 0 Å². The van der Waals surface area contributed by atoms with Gasteiger partial charge in [0.15, 0.2) is 0 Å². The molecular weight excluding hydrogens is 242 g/mol. The van der Waals surface area contributed by atoms with Crippen LogP contribution in [0.1, 0.15) is 37.4 Å². The summed E-state index contributed by atoms with van der Waals surface area (Å²) in [7, 11) is 0. The Balaban J connectivity index is 1.76. The fourth-order valence-electron chi connectivity index (χ4n) is 2.95. The second-order valence-electron chi connectivity index (χ2n) is 6.06. The molecule has 1 aromatic rings. The molecule has 2 N–H and O–H groups in total. The van der Waals surface area contributed by atoms with E-state index in [1.807, 2.05) is 11.8 Å². The third kappa shape index (κ3) is 1.98. The Morgan fingerprint density at radius 2 is 2.11 bits per heavy atom. The lowest BCUT2D eigenvalue weighted by Gasteiger charge is -2.51. The fourth-order valence-corrected chi connectivity index (χ4v) is 4.06. The molecule has 1 saturated carbocycles. The highest BCUT2D eigenvalue weighted by molar-refractivity contribution is 7.98. The summed E-state index contributed by atoms with van der Waals surface area (Å²) in [5, 5.41) is 13.6. The zero-order valence-corrected chi connectivity index (χ0v) is 11.8. The maximum Gasteiger partial charge on any atom is 0.0621 e. The molecule has 2 nitrogen and oxygen atoms in total. The number of thioether (sulfide) groups is 1. The van der Waals surface area contributed by atoms with Gasteiger partial charge < -0.3 is 10.4 Å². The zero-order chi connectivity index (χ0) is 12.8. The van der Waals surface area contributed by atoms with Crippen molar-refractivity contribution in [2.24, 2.45) is 5.41 Å². The van der Waals surface area contributed by atoms with E-state index in [1.165, 1.54) is 11.1 Å². The van der Waals surface area contributed by atoms with Crippen LogP contribution < -0.4 is 5.32 Å². The van der Waals surface area contributed by atoms with Gasteiger partial charge in [0, 0.05) is 29.0 Å². The number of hydrogen-bond donors (Lipinski definition) is 2. The molecule has 0 spiro atoms. The van der Waals surface area contributed by atoms with E-state index >= 15 is 0 Å². The van der Waals surface area contributed by atoms with Gasteiger partial charge in [0.25, 0.3) is 0 Å². The summed E-state index contributed by atoms with van der Waals surface area (Å²) in [6.07, 6.45) is 0.734. The predicted molar refractivity (Wildman–Crippen MR) is 76.7 cm³/mol. The first-order chi connectivity index (χ1) is 8.59. The van der Waals surface area contributed by atoms with Crippen molar-refractivity contribution in [2.75, 3.05) is 5.75 Å². The van der Waals surface area contributed by atoms with Crippen molar-refractivity contribution in [3.8, 4) is 0 Å². The molecule has 3 heteroatoms. The normalized spacial score (nSPS) is 33.6. The lowest BCUT2D eigenvalue weighted by molar-refractivity contribution is -0.0753. The third-order valence-electron chi connectivity index (χ3n) is 4.59. The smallest absolute Gasteiger partial charge is 0.0621 e. The molecule has 98 valence electrons. The number of aliphatic hydroxyl groups is 1. The number of benzene rings is 1. The molecule has 1 fully saturated rings. The summed E-state index contributed by atoms with van der Waals surface area (Å²) >= 11 is 2.00. The van der Waals surface area contributed by atoms with Crippen LogP contribution in [0, 0.1) is 5.41 Å². The summed E-state index contributed by atoms with van der Waals surface area (Å²) in [4.78, 5) is 0. The zero-order valence-electron chi connectivity index (χ0n) is 11.0. The Hall–Kier alpha value is -0.510. The fraction of sp³-hybridized carbons (Fsp3) is 0.600. The molecular formula is C15H21NOS. The molecule has 1 heterocycles. The van der Waals surface area contributed by atoms with Gasteiger partial charge in [-0.3, -0.25) is 0 Å². The molecule has 3 rings (SSSR count). The minimum atomic E-state index is -0.151. The molecule has 18 heavy (non-hydrogen) atoms. The Morgan fingerprint density at radius 3 is 2.83 bits per heavy atom. The van der Waals surface area contributed by atoms with E-state index in [0.717, 1.165) is 17.9 Å². The predicted octanol–water partition coefficient (Wildman–Crippen LogP) is 2.72. The average molecular weight is 263 g/mol. The number of fused-ring (bicyclic) bond motifs is 1. The monoisotopic (exact) mass is 263 g/mol. The molecule has 3 unspecified atom stereocenters. The third-order valence-corrected chi connectivity index (χ3v) is 5.68. The van der Waals surface area contributed by atoms with Gasteiger partial charge in [-0.15, -0.1) is 0 Å². The van der Waals surface area contributed by atoms with E-state index in [9.17, 15) is 5.11 Å². The van der Waals surface area contributed by atoms with Crippen LogP contribution in [0.5, 0.6) is 0 Å². The van der Waals surface area contributed by atoms with Crippen LogP contribution in [0.15, 0.2) is 24.3 Å². The molecule has 1 aliphatic heterocycles. The minimum Gasteiger partial charge on any atom is -0.392 e. The highest BCUT2D eigenvalue weighted by Crippen LogP contribution is 2.42. The molecule has 1 aliphatic carbocycles. The summed E-state index contributed by atoms with van der Waals surface area (Å²) < 4.78 is 0. The van der Waals surface area contributed by atoms with Crippen LogP contribution in [-0.2, 0) is 5.75 Å². The Bertz CT molecular complexity index is 446. The van der Waals surface area contributed by atoms with E-state index in [4.69, 9.17) is 0 Å². The number of hydrogen-bond acceptors (Lipinski definition) is 3. The Kier molecular flexibility index (Phi) is 3.16. The Labute approximate surface area is 113 Å². The second kappa shape index (κ2) is 4.55. The molecule has 0 bridgehead atoms. The standard InChI is InChI=1S/C15H21NOS/c1-15(2)13(7-14(15)17)16-12-9-18-8-10-5-3-4-6-11(10)12/h3-6,12-14,16-17H,7-9H2,1-2H3. The van der Waals surface area contributed by atoms with Crippen molar-refractivity contribution in [1.82, 2.24) is 5.32 Å². The van der Waals surface area contributed by atoms with Crippen molar-refractivity contribution < 1.29 is 5.11 Å². The number of aliphatic hydroxyl groups excluding tert-OH is 1. The molecule has 0 saturated heterocycles. The molecule has 1 aromatic carbocycles. The van der Waals surface area contributed by atoms with Gasteiger partial charge in [0.1, 0.15) is 0 Å². The molecule has 0 aromatic heterocycles. The first-order valence-electron chi connectivity index (χ1n) is 6.68. The summed E-state index contributed by atoms with van der Waals surface area (Å²) in [5.41, 5.74) is 2.93. The quantitative estimate of drug-likeness (QED) is 0.860. The average Bonchev–Trinajstić information content (AvgIpc) is 2.39. The van der Waals surface area contributed by atoms with E-state index in [1.54, 1.807) is 0 Å².